The van der Waals surface area contributed by atoms with Gasteiger partial charge in [0, 0.05) is 29.5 Å². The van der Waals surface area contributed by atoms with Gasteiger partial charge in [-0.1, -0.05) is 48.3 Å². The average molecular weight is 457 g/mol. The highest BCUT2D eigenvalue weighted by Crippen LogP contribution is 2.38. The topological polar surface area (TPSA) is 69.0 Å². The Morgan fingerprint density at radius 2 is 1.90 bits per heavy atom. The van der Waals surface area contributed by atoms with Crippen molar-refractivity contribution in [2.75, 3.05) is 18.2 Å². The minimum Gasteiger partial charge on any atom is -0.497 e. The van der Waals surface area contributed by atoms with Gasteiger partial charge in [0.1, 0.15) is 5.75 Å². The van der Waals surface area contributed by atoms with Crippen LogP contribution in [0, 0.1) is 0 Å². The number of carbonyl (C=O) groups excluding carboxylic acids is 1. The quantitative estimate of drug-likeness (QED) is 0.431. The summed E-state index contributed by atoms with van der Waals surface area (Å²) in [7, 11) is 1.62. The van der Waals surface area contributed by atoms with E-state index in [1.165, 1.54) is 12.8 Å². The molecule has 4 rings (SSSR count). The van der Waals surface area contributed by atoms with Crippen LogP contribution in [0.1, 0.15) is 38.1 Å². The van der Waals surface area contributed by atoms with E-state index in [1.807, 2.05) is 48.5 Å². The summed E-state index contributed by atoms with van der Waals surface area (Å²) in [6, 6.07) is 15.4. The lowest BCUT2D eigenvalue weighted by Gasteiger charge is -2.17. The number of hydrogen-bond acceptors (Lipinski definition) is 5. The molecular weight excluding hydrogens is 432 g/mol. The van der Waals surface area contributed by atoms with Crippen molar-refractivity contribution in [1.82, 2.24) is 14.8 Å². The number of carbonyl (C=O) groups is 1. The number of methoxy groups -OCH3 is 1. The Balaban J connectivity index is 1.43. The molecule has 162 valence electrons. The van der Waals surface area contributed by atoms with Crippen LogP contribution < -0.4 is 10.1 Å². The number of halogens is 1. The van der Waals surface area contributed by atoms with Crippen molar-refractivity contribution in [2.45, 2.75) is 43.3 Å². The van der Waals surface area contributed by atoms with Gasteiger partial charge in [0.2, 0.25) is 5.91 Å². The maximum Gasteiger partial charge on any atom is 0.225 e. The van der Waals surface area contributed by atoms with E-state index in [1.54, 1.807) is 18.9 Å². The zero-order valence-corrected chi connectivity index (χ0v) is 19.0. The van der Waals surface area contributed by atoms with Crippen molar-refractivity contribution in [2.24, 2.45) is 0 Å². The molecule has 2 aromatic carbocycles. The predicted octanol–water partition coefficient (Wildman–Crippen LogP) is 5.84. The van der Waals surface area contributed by atoms with Crippen molar-refractivity contribution in [1.29, 1.82) is 0 Å². The fraction of sp³-hybridized carbons (Fsp3) is 0.348. The molecule has 1 amide bonds. The molecular formula is C23H25ClN4O2S. The van der Waals surface area contributed by atoms with E-state index in [0.717, 1.165) is 40.8 Å². The number of nitrogens with zero attached hydrogens (tertiary/aromatic N) is 3. The van der Waals surface area contributed by atoms with E-state index < -0.39 is 0 Å². The molecule has 1 heterocycles. The molecule has 0 bridgehead atoms. The van der Waals surface area contributed by atoms with E-state index in [-0.39, 0.29) is 5.91 Å². The molecule has 8 heteroatoms. The highest BCUT2D eigenvalue weighted by atomic mass is 35.5. The third kappa shape index (κ3) is 5.22. The van der Waals surface area contributed by atoms with Crippen LogP contribution in [0.5, 0.6) is 5.75 Å². The molecule has 6 nitrogen and oxygen atoms in total. The summed E-state index contributed by atoms with van der Waals surface area (Å²) in [4.78, 5) is 12.4. The molecule has 1 aliphatic rings. The van der Waals surface area contributed by atoms with Gasteiger partial charge in [0.15, 0.2) is 11.0 Å². The Hall–Kier alpha value is -2.51. The lowest BCUT2D eigenvalue weighted by Crippen LogP contribution is -2.13. The zero-order chi connectivity index (χ0) is 21.6. The normalized spacial score (nSPS) is 14.0. The molecule has 1 fully saturated rings. The molecule has 1 saturated carbocycles. The first-order valence-electron chi connectivity index (χ1n) is 10.4. The first kappa shape index (κ1) is 21.7. The lowest BCUT2D eigenvalue weighted by molar-refractivity contribution is -0.115. The summed E-state index contributed by atoms with van der Waals surface area (Å²) < 4.78 is 7.37. The molecule has 1 aromatic heterocycles. The Morgan fingerprint density at radius 1 is 1.16 bits per heavy atom. The van der Waals surface area contributed by atoms with Gasteiger partial charge in [-0.3, -0.25) is 9.36 Å². The number of ether oxygens (including phenoxy) is 1. The van der Waals surface area contributed by atoms with Gasteiger partial charge in [-0.2, -0.15) is 0 Å². The smallest absolute Gasteiger partial charge is 0.225 e. The van der Waals surface area contributed by atoms with Crippen LogP contribution in [0.2, 0.25) is 5.02 Å². The van der Waals surface area contributed by atoms with Gasteiger partial charge < -0.3 is 10.1 Å². The van der Waals surface area contributed by atoms with Gasteiger partial charge in [-0.05, 0) is 49.2 Å². The van der Waals surface area contributed by atoms with E-state index >= 15 is 0 Å². The highest BCUT2D eigenvalue weighted by molar-refractivity contribution is 7.99. The SMILES string of the molecule is COc1ccc(NC(=O)CCSc2nnc(-c3ccccc3Cl)n2C2CCCC2)cc1. The summed E-state index contributed by atoms with van der Waals surface area (Å²) in [6.07, 6.45) is 5.02. The number of aromatic nitrogens is 3. The summed E-state index contributed by atoms with van der Waals surface area (Å²) in [5.41, 5.74) is 1.65. The Labute approximate surface area is 191 Å². The number of thioether (sulfide) groups is 1. The number of nitrogens with one attached hydrogen (secondary N) is 1. The summed E-state index contributed by atoms with van der Waals surface area (Å²) in [5, 5.41) is 13.4. The lowest BCUT2D eigenvalue weighted by atomic mass is 10.2. The molecule has 0 unspecified atom stereocenters. The van der Waals surface area contributed by atoms with E-state index in [9.17, 15) is 4.79 Å². The number of anilines is 1. The predicted molar refractivity (Wildman–Crippen MR) is 125 cm³/mol. The maximum atomic E-state index is 12.4. The summed E-state index contributed by atoms with van der Waals surface area (Å²) >= 11 is 8.01. The maximum absolute atomic E-state index is 12.4. The van der Waals surface area contributed by atoms with Crippen molar-refractivity contribution >= 4 is 35.0 Å². The molecule has 1 N–H and O–H groups in total. The standard InChI is InChI=1S/C23H25ClN4O2S/c1-30-18-12-10-16(11-13-18)25-21(29)14-15-31-23-27-26-22(19-8-4-5-9-20(19)24)28(23)17-6-2-3-7-17/h4-5,8-13,17H,2-3,6-7,14-15H2,1H3,(H,25,29). The number of rotatable bonds is 8. The van der Waals surface area contributed by atoms with Gasteiger partial charge >= 0.3 is 0 Å². The van der Waals surface area contributed by atoms with Crippen molar-refractivity contribution in [3.8, 4) is 17.1 Å². The van der Waals surface area contributed by atoms with Crippen molar-refractivity contribution < 1.29 is 9.53 Å². The first-order valence-corrected chi connectivity index (χ1v) is 11.8. The third-order valence-electron chi connectivity index (χ3n) is 5.40. The highest BCUT2D eigenvalue weighted by Gasteiger charge is 2.25. The van der Waals surface area contributed by atoms with Gasteiger partial charge in [-0.15, -0.1) is 10.2 Å². The monoisotopic (exact) mass is 456 g/mol. The molecule has 0 aliphatic heterocycles. The van der Waals surface area contributed by atoms with Crippen LogP contribution in [0.4, 0.5) is 5.69 Å². The minimum atomic E-state index is -0.0316. The van der Waals surface area contributed by atoms with Gasteiger partial charge in [0.05, 0.1) is 12.1 Å². The fourth-order valence-corrected chi connectivity index (χ4v) is 4.99. The number of hydrogen-bond donors (Lipinski definition) is 1. The minimum absolute atomic E-state index is 0.0316. The second-order valence-electron chi connectivity index (χ2n) is 7.47. The fourth-order valence-electron chi connectivity index (χ4n) is 3.83. The van der Waals surface area contributed by atoms with Gasteiger partial charge in [0.25, 0.3) is 0 Å². The van der Waals surface area contributed by atoms with Crippen LogP contribution in [0.15, 0.2) is 53.7 Å². The average Bonchev–Trinajstić information content (AvgIpc) is 3.44. The van der Waals surface area contributed by atoms with Crippen molar-refractivity contribution in [3.05, 3.63) is 53.6 Å². The molecule has 3 aromatic rings. The second kappa shape index (κ2) is 10.2. The van der Waals surface area contributed by atoms with E-state index in [4.69, 9.17) is 16.3 Å². The van der Waals surface area contributed by atoms with Crippen LogP contribution in [-0.2, 0) is 4.79 Å². The van der Waals surface area contributed by atoms with Crippen molar-refractivity contribution in [3.63, 3.8) is 0 Å². The number of amides is 1. The van der Waals surface area contributed by atoms with Crippen LogP contribution in [0.25, 0.3) is 11.4 Å². The first-order chi connectivity index (χ1) is 15.2. The summed E-state index contributed by atoms with van der Waals surface area (Å²) in [5.74, 6) is 2.16. The Morgan fingerprint density at radius 3 is 2.61 bits per heavy atom. The third-order valence-corrected chi connectivity index (χ3v) is 6.68. The van der Waals surface area contributed by atoms with E-state index in [2.05, 4.69) is 20.1 Å². The molecule has 0 atom stereocenters. The van der Waals surface area contributed by atoms with Crippen LogP contribution in [-0.4, -0.2) is 33.5 Å². The van der Waals surface area contributed by atoms with Crippen LogP contribution >= 0.6 is 23.4 Å². The molecule has 0 saturated heterocycles. The largest absolute Gasteiger partial charge is 0.497 e. The molecule has 0 spiro atoms. The Kier molecular flexibility index (Phi) is 7.14. The molecule has 31 heavy (non-hydrogen) atoms. The zero-order valence-electron chi connectivity index (χ0n) is 17.4. The Bertz CT molecular complexity index is 1030. The molecule has 0 radical (unpaired) electrons. The summed E-state index contributed by atoms with van der Waals surface area (Å²) in [6.45, 7) is 0. The van der Waals surface area contributed by atoms with Crippen LogP contribution in [0.3, 0.4) is 0 Å². The van der Waals surface area contributed by atoms with E-state index in [0.29, 0.717) is 23.2 Å². The van der Waals surface area contributed by atoms with Gasteiger partial charge in [-0.25, -0.2) is 0 Å². The number of benzene rings is 2. The molecule has 1 aliphatic carbocycles. The second-order valence-corrected chi connectivity index (χ2v) is 8.94.